The van der Waals surface area contributed by atoms with Crippen molar-refractivity contribution >= 4 is 55.1 Å². The Labute approximate surface area is 269 Å². The third-order valence-corrected chi connectivity index (χ3v) is 8.93. The molecule has 0 saturated carbocycles. The molecule has 0 radical (unpaired) electrons. The fraction of sp³-hybridized carbons (Fsp3) is 0. The normalized spacial score (nSPS) is 11.6. The number of fused-ring (bicyclic) bond motifs is 5. The fourth-order valence-corrected chi connectivity index (χ4v) is 6.59. The van der Waals surface area contributed by atoms with Crippen LogP contribution in [0, 0.1) is 0 Å². The second kappa shape index (κ2) is 10.7. The van der Waals surface area contributed by atoms with E-state index in [1.807, 2.05) is 66.7 Å². The number of rotatable bonds is 4. The van der Waals surface area contributed by atoms with Gasteiger partial charge < -0.3 is 4.42 Å². The first-order valence-corrected chi connectivity index (χ1v) is 15.5. The van der Waals surface area contributed by atoms with E-state index >= 15 is 0 Å². The zero-order valence-corrected chi connectivity index (χ0v) is 25.2. The highest BCUT2D eigenvalue weighted by atomic mass is 35.5. The number of nitrogens with zero attached hydrogens (tertiary/aromatic N) is 3. The van der Waals surface area contributed by atoms with Gasteiger partial charge in [-0.25, -0.2) is 15.0 Å². The van der Waals surface area contributed by atoms with Crippen LogP contribution in [0.3, 0.4) is 0 Å². The molecule has 0 bridgehead atoms. The monoisotopic (exact) mass is 609 g/mol. The van der Waals surface area contributed by atoms with E-state index in [1.165, 1.54) is 5.56 Å². The Kier molecular flexibility index (Phi) is 6.15. The third kappa shape index (κ3) is 4.42. The molecule has 0 saturated heterocycles. The van der Waals surface area contributed by atoms with E-state index in [4.69, 9.17) is 31.0 Å². The van der Waals surface area contributed by atoms with Gasteiger partial charge in [0.25, 0.3) is 0 Å². The van der Waals surface area contributed by atoms with Crippen molar-refractivity contribution in [1.29, 1.82) is 0 Å². The summed E-state index contributed by atoms with van der Waals surface area (Å²) >= 11 is 6.63. The van der Waals surface area contributed by atoms with Crippen LogP contribution in [0.2, 0.25) is 5.02 Å². The van der Waals surface area contributed by atoms with Crippen LogP contribution in [-0.2, 0) is 0 Å². The molecule has 0 N–H and O–H groups in total. The van der Waals surface area contributed by atoms with Gasteiger partial charge in [-0.05, 0) is 63.7 Å². The molecule has 2 heterocycles. The van der Waals surface area contributed by atoms with Gasteiger partial charge in [0.05, 0.1) is 0 Å². The standard InChI is InChI=1S/C41H24ClN3O/c42-35-22-21-32(30-11-4-5-12-31(30)35)40-43-39(28-20-18-26-17-19-27(23-29(26)24-28)25-9-2-1-3-10-25)44-41(45-40)34-14-8-16-37-38(34)33-13-6-7-15-36(33)46-37/h1-24H. The number of hydrogen-bond acceptors (Lipinski definition) is 4. The van der Waals surface area contributed by atoms with E-state index < -0.39 is 0 Å². The van der Waals surface area contributed by atoms with Crippen LogP contribution in [0.5, 0.6) is 0 Å². The van der Waals surface area contributed by atoms with Crippen molar-refractivity contribution in [3.8, 4) is 45.3 Å². The first-order chi connectivity index (χ1) is 22.7. The molecule has 4 nitrogen and oxygen atoms in total. The molecule has 7 aromatic carbocycles. The molecule has 2 aromatic heterocycles. The van der Waals surface area contributed by atoms with Gasteiger partial charge in [0.1, 0.15) is 11.2 Å². The van der Waals surface area contributed by atoms with Crippen LogP contribution in [0.4, 0.5) is 0 Å². The van der Waals surface area contributed by atoms with Crippen LogP contribution >= 0.6 is 11.6 Å². The maximum Gasteiger partial charge on any atom is 0.164 e. The largest absolute Gasteiger partial charge is 0.456 e. The number of hydrogen-bond donors (Lipinski definition) is 0. The van der Waals surface area contributed by atoms with Crippen LogP contribution in [0.15, 0.2) is 150 Å². The zero-order chi connectivity index (χ0) is 30.6. The van der Waals surface area contributed by atoms with E-state index in [-0.39, 0.29) is 0 Å². The smallest absolute Gasteiger partial charge is 0.164 e. The van der Waals surface area contributed by atoms with Crippen LogP contribution in [0.25, 0.3) is 88.8 Å². The maximum atomic E-state index is 6.63. The van der Waals surface area contributed by atoms with Gasteiger partial charge >= 0.3 is 0 Å². The topological polar surface area (TPSA) is 51.8 Å². The molecule has 0 spiro atoms. The van der Waals surface area contributed by atoms with Crippen LogP contribution in [0.1, 0.15) is 0 Å². The Balaban J connectivity index is 1.30. The van der Waals surface area contributed by atoms with Gasteiger partial charge in [-0.2, -0.15) is 0 Å². The lowest BCUT2D eigenvalue weighted by molar-refractivity contribution is 0.669. The van der Waals surface area contributed by atoms with Crippen molar-refractivity contribution in [2.24, 2.45) is 0 Å². The summed E-state index contributed by atoms with van der Waals surface area (Å²) in [4.78, 5) is 15.4. The van der Waals surface area contributed by atoms with E-state index in [0.717, 1.165) is 65.7 Å². The Bertz CT molecular complexity index is 2610. The summed E-state index contributed by atoms with van der Waals surface area (Å²) in [6, 6.07) is 49.5. The Morgan fingerprint density at radius 3 is 1.91 bits per heavy atom. The van der Waals surface area contributed by atoms with Crippen LogP contribution < -0.4 is 0 Å². The second-order valence-corrected chi connectivity index (χ2v) is 11.8. The zero-order valence-electron chi connectivity index (χ0n) is 24.5. The third-order valence-electron chi connectivity index (χ3n) is 8.60. The van der Waals surface area contributed by atoms with Crippen molar-refractivity contribution in [3.05, 3.63) is 151 Å². The van der Waals surface area contributed by atoms with E-state index in [1.54, 1.807) is 0 Å². The Morgan fingerprint density at radius 1 is 0.413 bits per heavy atom. The second-order valence-electron chi connectivity index (χ2n) is 11.4. The lowest BCUT2D eigenvalue weighted by atomic mass is 9.99. The molecule has 5 heteroatoms. The lowest BCUT2D eigenvalue weighted by Gasteiger charge is -2.12. The molecule has 0 unspecified atom stereocenters. The maximum absolute atomic E-state index is 6.63. The van der Waals surface area contributed by atoms with Crippen molar-refractivity contribution < 1.29 is 4.42 Å². The van der Waals surface area contributed by atoms with Gasteiger partial charge in [-0.15, -0.1) is 0 Å². The molecule has 46 heavy (non-hydrogen) atoms. The molecule has 0 aliphatic carbocycles. The first kappa shape index (κ1) is 26.6. The van der Waals surface area contributed by atoms with Crippen molar-refractivity contribution in [3.63, 3.8) is 0 Å². The fourth-order valence-electron chi connectivity index (χ4n) is 6.36. The first-order valence-electron chi connectivity index (χ1n) is 15.1. The number of aromatic nitrogens is 3. The van der Waals surface area contributed by atoms with Crippen LogP contribution in [-0.4, -0.2) is 15.0 Å². The lowest BCUT2D eigenvalue weighted by Crippen LogP contribution is -2.01. The van der Waals surface area contributed by atoms with Gasteiger partial charge in [0, 0.05) is 37.9 Å². The van der Waals surface area contributed by atoms with Gasteiger partial charge in [-0.1, -0.05) is 121 Å². The minimum atomic E-state index is 0.578. The van der Waals surface area contributed by atoms with E-state index in [9.17, 15) is 0 Å². The highest BCUT2D eigenvalue weighted by molar-refractivity contribution is 6.36. The Hall–Kier alpha value is -5.84. The van der Waals surface area contributed by atoms with Gasteiger partial charge in [0.15, 0.2) is 17.5 Å². The van der Waals surface area contributed by atoms with E-state index in [2.05, 4.69) is 78.9 Å². The quantitative estimate of drug-likeness (QED) is 0.199. The summed E-state index contributed by atoms with van der Waals surface area (Å²) in [5.41, 5.74) is 6.64. The molecule has 9 aromatic rings. The average molecular weight is 610 g/mol. The molecular weight excluding hydrogens is 586 g/mol. The van der Waals surface area contributed by atoms with Crippen molar-refractivity contribution in [1.82, 2.24) is 15.0 Å². The molecular formula is C41H24ClN3O. The molecule has 0 amide bonds. The molecule has 0 aliphatic heterocycles. The summed E-state index contributed by atoms with van der Waals surface area (Å²) in [5, 5.41) is 6.88. The van der Waals surface area contributed by atoms with E-state index in [0.29, 0.717) is 22.5 Å². The predicted molar refractivity (Wildman–Crippen MR) is 189 cm³/mol. The minimum Gasteiger partial charge on any atom is -0.456 e. The summed E-state index contributed by atoms with van der Waals surface area (Å²) in [6.45, 7) is 0. The molecule has 0 atom stereocenters. The van der Waals surface area contributed by atoms with Gasteiger partial charge in [-0.3, -0.25) is 0 Å². The molecule has 216 valence electrons. The number of furan rings is 1. The predicted octanol–water partition coefficient (Wildman–Crippen LogP) is 11.4. The number of benzene rings is 7. The molecule has 9 rings (SSSR count). The van der Waals surface area contributed by atoms with Crippen molar-refractivity contribution in [2.45, 2.75) is 0 Å². The number of halogens is 1. The minimum absolute atomic E-state index is 0.578. The summed E-state index contributed by atoms with van der Waals surface area (Å²) in [5.74, 6) is 1.75. The van der Waals surface area contributed by atoms with Crippen molar-refractivity contribution in [2.75, 3.05) is 0 Å². The molecule has 0 fully saturated rings. The number of para-hydroxylation sites is 1. The average Bonchev–Trinajstić information content (AvgIpc) is 3.51. The molecule has 0 aliphatic rings. The Morgan fingerprint density at radius 2 is 1.07 bits per heavy atom. The SMILES string of the molecule is Clc1ccc(-c2nc(-c3ccc4ccc(-c5ccccc5)cc4c3)nc(-c3cccc4oc5ccccc5c34)n2)c2ccccc12. The highest BCUT2D eigenvalue weighted by Gasteiger charge is 2.19. The van der Waals surface area contributed by atoms with Gasteiger partial charge in [0.2, 0.25) is 0 Å². The summed E-state index contributed by atoms with van der Waals surface area (Å²) in [7, 11) is 0. The summed E-state index contributed by atoms with van der Waals surface area (Å²) < 4.78 is 6.23. The highest BCUT2D eigenvalue weighted by Crippen LogP contribution is 2.38. The summed E-state index contributed by atoms with van der Waals surface area (Å²) in [6.07, 6.45) is 0.